The van der Waals surface area contributed by atoms with E-state index in [1.807, 2.05) is 18.2 Å². The van der Waals surface area contributed by atoms with E-state index >= 15 is 0 Å². The highest BCUT2D eigenvalue weighted by Crippen LogP contribution is 2.31. The van der Waals surface area contributed by atoms with E-state index in [4.69, 9.17) is 15.2 Å². The van der Waals surface area contributed by atoms with E-state index in [0.29, 0.717) is 18.2 Å². The number of rotatable bonds is 6. The zero-order valence-corrected chi connectivity index (χ0v) is 11.1. The number of nitrogens with one attached hydrogen (secondary N) is 1. The van der Waals surface area contributed by atoms with Gasteiger partial charge in [-0.2, -0.15) is 4.98 Å². The quantitative estimate of drug-likeness (QED) is 0.780. The number of hydrogen-bond donors (Lipinski definition) is 2. The topological polar surface area (TPSA) is 86.0 Å². The minimum atomic E-state index is 0.220. The Morgan fingerprint density at radius 2 is 2.16 bits per heavy atom. The molecule has 3 N–H and O–H groups in total. The number of unbranched alkanes of at least 4 members (excludes halogenated alkanes) is 1. The molecule has 2 aromatic rings. The van der Waals surface area contributed by atoms with Crippen molar-refractivity contribution in [1.82, 2.24) is 15.2 Å². The van der Waals surface area contributed by atoms with Gasteiger partial charge >= 0.3 is 0 Å². The predicted molar refractivity (Wildman–Crippen MR) is 73.2 cm³/mol. The Hall–Kier alpha value is -2.24. The Kier molecular flexibility index (Phi) is 4.22. The summed E-state index contributed by atoms with van der Waals surface area (Å²) in [4.78, 5) is 4.08. The first-order chi connectivity index (χ1) is 9.24. The number of ether oxygens (including phenoxy) is 2. The lowest BCUT2D eigenvalue weighted by molar-refractivity contribution is 0.288. The van der Waals surface area contributed by atoms with Crippen LogP contribution in [0.2, 0.25) is 0 Å². The second kappa shape index (κ2) is 6.08. The van der Waals surface area contributed by atoms with Crippen molar-refractivity contribution < 1.29 is 9.47 Å². The largest absolute Gasteiger partial charge is 0.493 e. The third kappa shape index (κ3) is 3.15. The van der Waals surface area contributed by atoms with Crippen molar-refractivity contribution in [3.05, 3.63) is 18.2 Å². The highest BCUT2D eigenvalue weighted by Gasteiger charge is 2.09. The normalized spacial score (nSPS) is 10.4. The van der Waals surface area contributed by atoms with Gasteiger partial charge in [-0.1, -0.05) is 13.3 Å². The zero-order chi connectivity index (χ0) is 13.7. The van der Waals surface area contributed by atoms with Crippen LogP contribution >= 0.6 is 0 Å². The fourth-order valence-electron chi connectivity index (χ4n) is 1.66. The summed E-state index contributed by atoms with van der Waals surface area (Å²) in [6.45, 7) is 2.81. The van der Waals surface area contributed by atoms with Crippen LogP contribution in [0.15, 0.2) is 18.2 Å². The average Bonchev–Trinajstić information content (AvgIpc) is 2.86. The van der Waals surface area contributed by atoms with Gasteiger partial charge in [0.2, 0.25) is 5.95 Å². The highest BCUT2D eigenvalue weighted by atomic mass is 16.5. The lowest BCUT2D eigenvalue weighted by Gasteiger charge is -2.11. The highest BCUT2D eigenvalue weighted by molar-refractivity contribution is 5.61. The number of nitrogen functional groups attached to an aromatic ring is 1. The zero-order valence-electron chi connectivity index (χ0n) is 11.1. The van der Waals surface area contributed by atoms with Gasteiger partial charge in [-0.05, 0) is 24.6 Å². The molecule has 6 nitrogen and oxygen atoms in total. The molecule has 6 heteroatoms. The van der Waals surface area contributed by atoms with Gasteiger partial charge in [0.15, 0.2) is 17.3 Å². The van der Waals surface area contributed by atoms with Gasteiger partial charge in [0.25, 0.3) is 0 Å². The van der Waals surface area contributed by atoms with Gasteiger partial charge < -0.3 is 15.2 Å². The van der Waals surface area contributed by atoms with E-state index in [2.05, 4.69) is 22.1 Å². The molecular formula is C13H18N4O2. The molecule has 102 valence electrons. The molecule has 1 aromatic carbocycles. The number of methoxy groups -OCH3 is 1. The van der Waals surface area contributed by atoms with Crippen LogP contribution in [-0.4, -0.2) is 28.9 Å². The Balaban J connectivity index is 2.20. The Bertz CT molecular complexity index is 539. The van der Waals surface area contributed by atoms with E-state index in [0.717, 1.165) is 24.2 Å². The molecule has 0 aliphatic heterocycles. The fraction of sp³-hybridized carbons (Fsp3) is 0.385. The number of nitrogens with zero attached hydrogens (tertiary/aromatic N) is 2. The van der Waals surface area contributed by atoms with Crippen LogP contribution in [0.1, 0.15) is 19.8 Å². The summed E-state index contributed by atoms with van der Waals surface area (Å²) in [7, 11) is 1.61. The van der Waals surface area contributed by atoms with Crippen LogP contribution < -0.4 is 15.2 Å². The molecule has 1 heterocycles. The second-order valence-electron chi connectivity index (χ2n) is 4.11. The minimum absolute atomic E-state index is 0.220. The van der Waals surface area contributed by atoms with E-state index in [1.165, 1.54) is 0 Å². The number of aromatic amines is 1. The number of anilines is 1. The molecule has 0 fully saturated rings. The SMILES string of the molecule is CCCCOc1ccc(-c2nc(N)n[nH]2)cc1OC. The number of benzene rings is 1. The fourth-order valence-corrected chi connectivity index (χ4v) is 1.66. The van der Waals surface area contributed by atoms with Crippen molar-refractivity contribution in [2.24, 2.45) is 0 Å². The summed E-state index contributed by atoms with van der Waals surface area (Å²) in [6.07, 6.45) is 2.11. The van der Waals surface area contributed by atoms with Crippen LogP contribution in [0, 0.1) is 0 Å². The Morgan fingerprint density at radius 3 is 2.79 bits per heavy atom. The summed E-state index contributed by atoms with van der Waals surface area (Å²) >= 11 is 0. The van der Waals surface area contributed by atoms with Crippen LogP contribution in [0.5, 0.6) is 11.5 Å². The third-order valence-electron chi connectivity index (χ3n) is 2.70. The van der Waals surface area contributed by atoms with Crippen LogP contribution in [0.4, 0.5) is 5.95 Å². The van der Waals surface area contributed by atoms with Gasteiger partial charge in [-0.3, -0.25) is 5.10 Å². The van der Waals surface area contributed by atoms with Crippen molar-refractivity contribution >= 4 is 5.95 Å². The van der Waals surface area contributed by atoms with Gasteiger partial charge in [-0.25, -0.2) is 0 Å². The molecule has 0 amide bonds. The summed E-state index contributed by atoms with van der Waals surface area (Å²) in [5.41, 5.74) is 6.34. The molecule has 0 atom stereocenters. The smallest absolute Gasteiger partial charge is 0.239 e. The van der Waals surface area contributed by atoms with Gasteiger partial charge in [0.1, 0.15) is 0 Å². The average molecular weight is 262 g/mol. The number of H-pyrrole nitrogens is 1. The van der Waals surface area contributed by atoms with Crippen LogP contribution in [-0.2, 0) is 0 Å². The van der Waals surface area contributed by atoms with Gasteiger partial charge in [0, 0.05) is 5.56 Å². The second-order valence-corrected chi connectivity index (χ2v) is 4.11. The number of hydrogen-bond acceptors (Lipinski definition) is 5. The first kappa shape index (κ1) is 13.2. The molecule has 1 aromatic heterocycles. The van der Waals surface area contributed by atoms with Crippen molar-refractivity contribution in [1.29, 1.82) is 0 Å². The number of aromatic nitrogens is 3. The molecule has 19 heavy (non-hydrogen) atoms. The summed E-state index contributed by atoms with van der Waals surface area (Å²) in [5.74, 6) is 2.23. The molecular weight excluding hydrogens is 244 g/mol. The maximum absolute atomic E-state index is 5.67. The molecule has 0 bridgehead atoms. The first-order valence-electron chi connectivity index (χ1n) is 6.23. The summed E-state index contributed by atoms with van der Waals surface area (Å²) < 4.78 is 11.0. The van der Waals surface area contributed by atoms with Crippen molar-refractivity contribution in [3.8, 4) is 22.9 Å². The molecule has 0 radical (unpaired) electrons. The molecule has 2 rings (SSSR count). The van der Waals surface area contributed by atoms with Crippen molar-refractivity contribution in [2.75, 3.05) is 19.5 Å². The molecule has 0 spiro atoms. The standard InChI is InChI=1S/C13H18N4O2/c1-3-4-7-19-10-6-5-9(8-11(10)18-2)12-15-13(14)17-16-12/h5-6,8H,3-4,7H2,1-2H3,(H3,14,15,16,17). The van der Waals surface area contributed by atoms with Crippen LogP contribution in [0.3, 0.4) is 0 Å². The molecule has 0 saturated heterocycles. The van der Waals surface area contributed by atoms with E-state index < -0.39 is 0 Å². The number of nitrogens with two attached hydrogens (primary N) is 1. The Morgan fingerprint density at radius 1 is 1.32 bits per heavy atom. The maximum atomic E-state index is 5.67. The van der Waals surface area contributed by atoms with Crippen molar-refractivity contribution in [2.45, 2.75) is 19.8 Å². The molecule has 0 saturated carbocycles. The van der Waals surface area contributed by atoms with Gasteiger partial charge in [0.05, 0.1) is 13.7 Å². The van der Waals surface area contributed by atoms with E-state index in [9.17, 15) is 0 Å². The Labute approximate surface area is 111 Å². The lowest BCUT2D eigenvalue weighted by Crippen LogP contribution is -1.99. The van der Waals surface area contributed by atoms with E-state index in [-0.39, 0.29) is 5.95 Å². The van der Waals surface area contributed by atoms with Gasteiger partial charge in [-0.15, -0.1) is 5.10 Å². The minimum Gasteiger partial charge on any atom is -0.493 e. The monoisotopic (exact) mass is 262 g/mol. The molecule has 0 aliphatic carbocycles. The molecule has 0 unspecified atom stereocenters. The van der Waals surface area contributed by atoms with Crippen LogP contribution in [0.25, 0.3) is 11.4 Å². The summed E-state index contributed by atoms with van der Waals surface area (Å²) in [6, 6.07) is 5.60. The van der Waals surface area contributed by atoms with Crippen molar-refractivity contribution in [3.63, 3.8) is 0 Å². The van der Waals surface area contributed by atoms with E-state index in [1.54, 1.807) is 7.11 Å². The maximum Gasteiger partial charge on any atom is 0.239 e. The molecule has 0 aliphatic rings. The predicted octanol–water partition coefficient (Wildman–Crippen LogP) is 2.24. The first-order valence-corrected chi connectivity index (χ1v) is 6.23. The summed E-state index contributed by atoms with van der Waals surface area (Å²) in [5, 5.41) is 6.56. The third-order valence-corrected chi connectivity index (χ3v) is 2.70. The lowest BCUT2D eigenvalue weighted by atomic mass is 10.2.